The summed E-state index contributed by atoms with van der Waals surface area (Å²) in [5, 5.41) is 2.75. The highest BCUT2D eigenvalue weighted by Gasteiger charge is 1.98. The van der Waals surface area contributed by atoms with Gasteiger partial charge in [-0.15, -0.1) is 0 Å². The first-order valence-corrected chi connectivity index (χ1v) is 7.52. The Hall–Kier alpha value is -2.36. The van der Waals surface area contributed by atoms with Crippen LogP contribution in [0.25, 0.3) is 0 Å². The highest BCUT2D eigenvalue weighted by Crippen LogP contribution is 2.14. The van der Waals surface area contributed by atoms with Crippen molar-refractivity contribution in [3.8, 4) is 5.75 Å². The van der Waals surface area contributed by atoms with Gasteiger partial charge in [0.05, 0.1) is 7.11 Å². The van der Waals surface area contributed by atoms with Crippen LogP contribution < -0.4 is 10.1 Å². The Morgan fingerprint density at radius 1 is 1.09 bits per heavy atom. The van der Waals surface area contributed by atoms with E-state index in [0.29, 0.717) is 6.42 Å². The van der Waals surface area contributed by atoms with Crippen LogP contribution in [-0.4, -0.2) is 18.0 Å². The predicted molar refractivity (Wildman–Crippen MR) is 90.1 cm³/mol. The van der Waals surface area contributed by atoms with E-state index in [4.69, 9.17) is 4.74 Å². The summed E-state index contributed by atoms with van der Waals surface area (Å²) in [6, 6.07) is 11.4. The molecule has 0 aliphatic carbocycles. The molecule has 0 saturated heterocycles. The zero-order valence-corrected chi connectivity index (χ0v) is 13.5. The zero-order valence-electron chi connectivity index (χ0n) is 13.5. The number of carbonyl (C=O) groups excluding carboxylic acids is 1. The Balaban J connectivity index is 0.000000235. The number of anilines is 1. The van der Waals surface area contributed by atoms with E-state index in [1.807, 2.05) is 43.6 Å². The minimum Gasteiger partial charge on any atom is -0.497 e. The van der Waals surface area contributed by atoms with Crippen LogP contribution in [0.2, 0.25) is 0 Å². The first-order valence-electron chi connectivity index (χ1n) is 7.52. The van der Waals surface area contributed by atoms with Crippen LogP contribution in [0.15, 0.2) is 48.8 Å². The van der Waals surface area contributed by atoms with E-state index >= 15 is 0 Å². The fraction of sp³-hybridized carbons (Fsp3) is 0.333. The van der Waals surface area contributed by atoms with Crippen LogP contribution in [0.4, 0.5) is 5.69 Å². The Morgan fingerprint density at radius 3 is 2.23 bits per heavy atom. The van der Waals surface area contributed by atoms with E-state index in [1.54, 1.807) is 7.11 Å². The zero-order chi connectivity index (χ0) is 16.2. The van der Waals surface area contributed by atoms with Gasteiger partial charge in [0, 0.05) is 24.5 Å². The lowest BCUT2D eigenvalue weighted by molar-refractivity contribution is -0.115. The number of rotatable bonds is 5. The highest BCUT2D eigenvalue weighted by molar-refractivity contribution is 5.90. The molecule has 118 valence electrons. The second-order valence-corrected chi connectivity index (χ2v) is 4.74. The number of nitrogens with one attached hydrogen (secondary N) is 1. The summed E-state index contributed by atoms with van der Waals surface area (Å²) in [4.78, 5) is 14.9. The van der Waals surface area contributed by atoms with E-state index in [9.17, 15) is 4.79 Å². The van der Waals surface area contributed by atoms with Crippen molar-refractivity contribution in [3.63, 3.8) is 0 Å². The van der Waals surface area contributed by atoms with Gasteiger partial charge in [-0.3, -0.25) is 9.78 Å². The summed E-state index contributed by atoms with van der Waals surface area (Å²) in [5.41, 5.74) is 2.18. The largest absolute Gasteiger partial charge is 0.497 e. The van der Waals surface area contributed by atoms with Gasteiger partial charge in [-0.1, -0.05) is 20.3 Å². The SMILES string of the molecule is CCC(=O)Nc1ccc(OC)cc1.CCCc1ccncc1. The summed E-state index contributed by atoms with van der Waals surface area (Å²) < 4.78 is 4.99. The lowest BCUT2D eigenvalue weighted by atomic mass is 10.2. The highest BCUT2D eigenvalue weighted by atomic mass is 16.5. The summed E-state index contributed by atoms with van der Waals surface area (Å²) in [6.07, 6.45) is 6.55. The van der Waals surface area contributed by atoms with Gasteiger partial charge >= 0.3 is 0 Å². The van der Waals surface area contributed by atoms with E-state index in [-0.39, 0.29) is 5.91 Å². The number of aromatic nitrogens is 1. The second-order valence-electron chi connectivity index (χ2n) is 4.74. The maximum absolute atomic E-state index is 11.0. The maximum atomic E-state index is 11.0. The molecular weight excluding hydrogens is 276 g/mol. The number of amides is 1. The second kappa shape index (κ2) is 10.4. The van der Waals surface area contributed by atoms with Crippen molar-refractivity contribution in [1.82, 2.24) is 4.98 Å². The van der Waals surface area contributed by atoms with Gasteiger partial charge in [0.25, 0.3) is 0 Å². The summed E-state index contributed by atoms with van der Waals surface area (Å²) in [5.74, 6) is 0.805. The average Bonchev–Trinajstić information content (AvgIpc) is 2.57. The van der Waals surface area contributed by atoms with Gasteiger partial charge < -0.3 is 10.1 Å². The molecule has 0 unspecified atom stereocenters. The van der Waals surface area contributed by atoms with Crippen molar-refractivity contribution in [1.29, 1.82) is 0 Å². The molecule has 2 aromatic rings. The first-order chi connectivity index (χ1) is 10.7. The molecule has 0 aliphatic heterocycles. The normalized spacial score (nSPS) is 9.41. The molecule has 0 radical (unpaired) electrons. The number of benzene rings is 1. The quantitative estimate of drug-likeness (QED) is 0.905. The van der Waals surface area contributed by atoms with Crippen molar-refractivity contribution in [3.05, 3.63) is 54.4 Å². The number of aryl methyl sites for hydroxylation is 1. The molecule has 0 fully saturated rings. The molecule has 1 heterocycles. The summed E-state index contributed by atoms with van der Waals surface area (Å²) in [6.45, 7) is 4.00. The lowest BCUT2D eigenvalue weighted by Crippen LogP contribution is -2.08. The number of methoxy groups -OCH3 is 1. The Labute approximate surface area is 132 Å². The molecule has 22 heavy (non-hydrogen) atoms. The third-order valence-corrected chi connectivity index (χ3v) is 2.98. The molecule has 0 aliphatic rings. The molecule has 0 atom stereocenters. The monoisotopic (exact) mass is 300 g/mol. The maximum Gasteiger partial charge on any atom is 0.224 e. The number of hydrogen-bond acceptors (Lipinski definition) is 3. The Bertz CT molecular complexity index is 539. The van der Waals surface area contributed by atoms with Gasteiger partial charge in [-0.25, -0.2) is 0 Å². The Kier molecular flexibility index (Phi) is 8.35. The fourth-order valence-electron chi connectivity index (χ4n) is 1.76. The van der Waals surface area contributed by atoms with Crippen LogP contribution in [0.3, 0.4) is 0 Å². The number of carbonyl (C=O) groups is 1. The number of pyridine rings is 1. The molecule has 1 amide bonds. The van der Waals surface area contributed by atoms with E-state index in [1.165, 1.54) is 18.4 Å². The summed E-state index contributed by atoms with van der Waals surface area (Å²) >= 11 is 0. The Morgan fingerprint density at radius 2 is 1.73 bits per heavy atom. The van der Waals surface area contributed by atoms with Gasteiger partial charge in [0.1, 0.15) is 5.75 Å². The lowest BCUT2D eigenvalue weighted by Gasteiger charge is -2.04. The third kappa shape index (κ3) is 6.88. The minimum absolute atomic E-state index is 0.0187. The van der Waals surface area contributed by atoms with Crippen LogP contribution in [0.5, 0.6) is 5.75 Å². The molecule has 1 aromatic heterocycles. The van der Waals surface area contributed by atoms with Gasteiger partial charge in [0.2, 0.25) is 5.91 Å². The van der Waals surface area contributed by atoms with Gasteiger partial charge in [-0.2, -0.15) is 0 Å². The number of ether oxygens (including phenoxy) is 1. The van der Waals surface area contributed by atoms with Crippen LogP contribution in [-0.2, 0) is 11.2 Å². The van der Waals surface area contributed by atoms with E-state index < -0.39 is 0 Å². The minimum atomic E-state index is 0.0187. The predicted octanol–water partition coefficient (Wildman–Crippen LogP) is 4.08. The van der Waals surface area contributed by atoms with Gasteiger partial charge in [0.15, 0.2) is 0 Å². The standard InChI is InChI=1S/C10H13NO2.C8H11N/c1-3-10(12)11-8-4-6-9(13-2)7-5-8;1-2-3-8-4-6-9-7-5-8/h4-7H,3H2,1-2H3,(H,11,12);4-7H,2-3H2,1H3. The molecule has 4 heteroatoms. The van der Waals surface area contributed by atoms with Crippen molar-refractivity contribution < 1.29 is 9.53 Å². The molecule has 0 spiro atoms. The summed E-state index contributed by atoms with van der Waals surface area (Å²) in [7, 11) is 1.61. The smallest absolute Gasteiger partial charge is 0.224 e. The van der Waals surface area contributed by atoms with E-state index in [2.05, 4.69) is 29.4 Å². The van der Waals surface area contributed by atoms with E-state index in [0.717, 1.165) is 11.4 Å². The van der Waals surface area contributed by atoms with Crippen molar-refractivity contribution >= 4 is 11.6 Å². The molecular formula is C18H24N2O2. The topological polar surface area (TPSA) is 51.2 Å². The third-order valence-electron chi connectivity index (χ3n) is 2.98. The molecule has 0 bridgehead atoms. The molecule has 0 saturated carbocycles. The number of nitrogens with zero attached hydrogens (tertiary/aromatic N) is 1. The van der Waals surface area contributed by atoms with Crippen molar-refractivity contribution in [2.75, 3.05) is 12.4 Å². The molecule has 1 aromatic carbocycles. The molecule has 1 N–H and O–H groups in total. The fourth-order valence-corrected chi connectivity index (χ4v) is 1.76. The van der Waals surface area contributed by atoms with Crippen LogP contribution in [0, 0.1) is 0 Å². The average molecular weight is 300 g/mol. The molecule has 4 nitrogen and oxygen atoms in total. The van der Waals surface area contributed by atoms with Crippen molar-refractivity contribution in [2.45, 2.75) is 33.1 Å². The first kappa shape index (κ1) is 17.7. The van der Waals surface area contributed by atoms with Crippen LogP contribution in [0.1, 0.15) is 32.3 Å². The van der Waals surface area contributed by atoms with Crippen molar-refractivity contribution in [2.24, 2.45) is 0 Å². The van der Waals surface area contributed by atoms with Crippen LogP contribution >= 0.6 is 0 Å². The van der Waals surface area contributed by atoms with Gasteiger partial charge in [-0.05, 0) is 48.4 Å². The molecule has 2 rings (SSSR count). The number of hydrogen-bond donors (Lipinski definition) is 1.